The summed E-state index contributed by atoms with van der Waals surface area (Å²) < 4.78 is 0. The van der Waals surface area contributed by atoms with Gasteiger partial charge in [-0.3, -0.25) is 4.79 Å². The average Bonchev–Trinajstić information content (AvgIpc) is 2.60. The monoisotopic (exact) mass is 354 g/mol. The van der Waals surface area contributed by atoms with E-state index in [0.717, 1.165) is 16.8 Å². The zero-order valence-corrected chi connectivity index (χ0v) is 15.5. The lowest BCUT2D eigenvalue weighted by Gasteiger charge is -2.16. The SMILES string of the molecule is CC(CC(=O)Nc1ccccc1C(C)C)NCc1ccc(C(=O)O)cc1. The fraction of sp³-hybridized carbons (Fsp3) is 0.333. The van der Waals surface area contributed by atoms with Crippen LogP contribution in [0.4, 0.5) is 5.69 Å². The molecule has 0 fully saturated rings. The van der Waals surface area contributed by atoms with Crippen LogP contribution in [0.5, 0.6) is 0 Å². The maximum absolute atomic E-state index is 12.3. The van der Waals surface area contributed by atoms with Gasteiger partial charge < -0.3 is 15.7 Å². The number of nitrogens with one attached hydrogen (secondary N) is 2. The summed E-state index contributed by atoms with van der Waals surface area (Å²) in [6, 6.07) is 14.6. The Morgan fingerprint density at radius 1 is 1.00 bits per heavy atom. The summed E-state index contributed by atoms with van der Waals surface area (Å²) in [6.45, 7) is 6.74. The van der Waals surface area contributed by atoms with Crippen LogP contribution >= 0.6 is 0 Å². The first-order valence-corrected chi connectivity index (χ1v) is 8.81. The first-order valence-electron chi connectivity index (χ1n) is 8.81. The van der Waals surface area contributed by atoms with Crippen LogP contribution in [0.2, 0.25) is 0 Å². The zero-order chi connectivity index (χ0) is 19.1. The Hall–Kier alpha value is -2.66. The Labute approximate surface area is 154 Å². The summed E-state index contributed by atoms with van der Waals surface area (Å²) in [6.07, 6.45) is 0.361. The number of rotatable bonds is 8. The molecule has 0 saturated carbocycles. The van der Waals surface area contributed by atoms with E-state index in [2.05, 4.69) is 24.5 Å². The van der Waals surface area contributed by atoms with Gasteiger partial charge in [0.1, 0.15) is 0 Å². The predicted molar refractivity (Wildman–Crippen MR) is 103 cm³/mol. The molecule has 2 aromatic rings. The molecule has 0 aliphatic carbocycles. The maximum Gasteiger partial charge on any atom is 0.335 e. The quantitative estimate of drug-likeness (QED) is 0.669. The van der Waals surface area contributed by atoms with Crippen molar-refractivity contribution in [3.8, 4) is 0 Å². The Morgan fingerprint density at radius 3 is 2.27 bits per heavy atom. The van der Waals surface area contributed by atoms with Crippen molar-refractivity contribution < 1.29 is 14.7 Å². The second kappa shape index (κ2) is 9.15. The van der Waals surface area contributed by atoms with E-state index in [4.69, 9.17) is 5.11 Å². The highest BCUT2D eigenvalue weighted by Gasteiger charge is 2.12. The van der Waals surface area contributed by atoms with Crippen LogP contribution in [0.1, 0.15) is 54.6 Å². The molecule has 1 amide bonds. The Kier molecular flexibility index (Phi) is 6.92. The molecule has 0 spiro atoms. The van der Waals surface area contributed by atoms with E-state index < -0.39 is 5.97 Å². The molecule has 2 aromatic carbocycles. The summed E-state index contributed by atoms with van der Waals surface area (Å²) in [5.41, 5.74) is 3.24. The number of para-hydroxylation sites is 1. The number of carbonyl (C=O) groups excluding carboxylic acids is 1. The topological polar surface area (TPSA) is 78.4 Å². The molecule has 0 aliphatic heterocycles. The molecule has 3 N–H and O–H groups in total. The van der Waals surface area contributed by atoms with Crippen LogP contribution in [0.15, 0.2) is 48.5 Å². The third-order valence-corrected chi connectivity index (χ3v) is 4.20. The van der Waals surface area contributed by atoms with Gasteiger partial charge in [0.2, 0.25) is 5.91 Å². The summed E-state index contributed by atoms with van der Waals surface area (Å²) in [5.74, 6) is -0.619. The molecular weight excluding hydrogens is 328 g/mol. The molecule has 5 nitrogen and oxygen atoms in total. The molecular formula is C21H26N2O3. The highest BCUT2D eigenvalue weighted by atomic mass is 16.4. The van der Waals surface area contributed by atoms with Crippen LogP contribution in [0.25, 0.3) is 0 Å². The van der Waals surface area contributed by atoms with Crippen LogP contribution in [-0.4, -0.2) is 23.0 Å². The Balaban J connectivity index is 1.84. The summed E-state index contributed by atoms with van der Waals surface area (Å²) in [7, 11) is 0. The minimum Gasteiger partial charge on any atom is -0.478 e. The summed E-state index contributed by atoms with van der Waals surface area (Å²) >= 11 is 0. The van der Waals surface area contributed by atoms with Crippen molar-refractivity contribution in [3.63, 3.8) is 0 Å². The van der Waals surface area contributed by atoms with E-state index in [9.17, 15) is 9.59 Å². The second-order valence-corrected chi connectivity index (χ2v) is 6.78. The normalized spacial score (nSPS) is 12.0. The number of hydrogen-bond donors (Lipinski definition) is 3. The number of hydrogen-bond acceptors (Lipinski definition) is 3. The Morgan fingerprint density at radius 2 is 1.65 bits per heavy atom. The molecule has 26 heavy (non-hydrogen) atoms. The minimum absolute atomic E-state index is 0.000336. The van der Waals surface area contributed by atoms with Crippen molar-refractivity contribution >= 4 is 17.6 Å². The number of carboxylic acids is 1. The second-order valence-electron chi connectivity index (χ2n) is 6.78. The van der Waals surface area contributed by atoms with Gasteiger partial charge >= 0.3 is 5.97 Å². The van der Waals surface area contributed by atoms with Crippen molar-refractivity contribution in [3.05, 3.63) is 65.2 Å². The first-order chi connectivity index (χ1) is 12.4. The van der Waals surface area contributed by atoms with Crippen LogP contribution in [0.3, 0.4) is 0 Å². The fourth-order valence-electron chi connectivity index (χ4n) is 2.72. The average molecular weight is 354 g/mol. The third-order valence-electron chi connectivity index (χ3n) is 4.20. The molecule has 2 rings (SSSR count). The lowest BCUT2D eigenvalue weighted by molar-refractivity contribution is -0.116. The van der Waals surface area contributed by atoms with Crippen molar-refractivity contribution in [1.82, 2.24) is 5.32 Å². The third kappa shape index (κ3) is 5.70. The van der Waals surface area contributed by atoms with E-state index in [-0.39, 0.29) is 17.5 Å². The molecule has 1 atom stereocenters. The van der Waals surface area contributed by atoms with Gasteiger partial charge in [0.25, 0.3) is 0 Å². The number of aromatic carboxylic acids is 1. The number of amides is 1. The highest BCUT2D eigenvalue weighted by molar-refractivity contribution is 5.92. The lowest BCUT2D eigenvalue weighted by atomic mass is 10.0. The predicted octanol–water partition coefficient (Wildman–Crippen LogP) is 4.02. The van der Waals surface area contributed by atoms with E-state index in [0.29, 0.717) is 18.9 Å². The van der Waals surface area contributed by atoms with Gasteiger partial charge in [-0.1, -0.05) is 44.2 Å². The van der Waals surface area contributed by atoms with Crippen molar-refractivity contribution in [1.29, 1.82) is 0 Å². The molecule has 1 unspecified atom stereocenters. The Bertz CT molecular complexity index is 754. The zero-order valence-electron chi connectivity index (χ0n) is 15.5. The highest BCUT2D eigenvalue weighted by Crippen LogP contribution is 2.23. The van der Waals surface area contributed by atoms with E-state index in [1.165, 1.54) is 0 Å². The fourth-order valence-corrected chi connectivity index (χ4v) is 2.72. The van der Waals surface area contributed by atoms with Gasteiger partial charge in [-0.05, 0) is 42.2 Å². The number of benzene rings is 2. The molecule has 0 radical (unpaired) electrons. The molecule has 0 aliphatic rings. The van der Waals surface area contributed by atoms with Gasteiger partial charge in [0.05, 0.1) is 5.56 Å². The number of carboxylic acid groups (broad SMARTS) is 1. The molecule has 5 heteroatoms. The molecule has 138 valence electrons. The van der Waals surface area contributed by atoms with E-state index in [1.54, 1.807) is 24.3 Å². The summed E-state index contributed by atoms with van der Waals surface area (Å²) in [4.78, 5) is 23.2. The van der Waals surface area contributed by atoms with E-state index >= 15 is 0 Å². The van der Waals surface area contributed by atoms with Crippen molar-refractivity contribution in [2.24, 2.45) is 0 Å². The molecule has 0 heterocycles. The minimum atomic E-state index is -0.934. The lowest BCUT2D eigenvalue weighted by Crippen LogP contribution is -2.30. The smallest absolute Gasteiger partial charge is 0.335 e. The standard InChI is InChI=1S/C21H26N2O3/c1-14(2)18-6-4-5-7-19(18)23-20(24)12-15(3)22-13-16-8-10-17(11-9-16)21(25)26/h4-11,14-15,22H,12-13H2,1-3H3,(H,23,24)(H,25,26). The van der Waals surface area contributed by atoms with E-state index in [1.807, 2.05) is 31.2 Å². The van der Waals surface area contributed by atoms with Gasteiger partial charge in [-0.2, -0.15) is 0 Å². The van der Waals surface area contributed by atoms with Gasteiger partial charge in [-0.15, -0.1) is 0 Å². The van der Waals surface area contributed by atoms with Gasteiger partial charge in [-0.25, -0.2) is 4.79 Å². The van der Waals surface area contributed by atoms with Crippen molar-refractivity contribution in [2.75, 3.05) is 5.32 Å². The van der Waals surface area contributed by atoms with Crippen LogP contribution in [-0.2, 0) is 11.3 Å². The van der Waals surface area contributed by atoms with Gasteiger partial charge in [0.15, 0.2) is 0 Å². The van der Waals surface area contributed by atoms with Gasteiger partial charge in [0, 0.05) is 24.7 Å². The van der Waals surface area contributed by atoms with Crippen LogP contribution < -0.4 is 10.6 Å². The van der Waals surface area contributed by atoms with Crippen LogP contribution in [0, 0.1) is 0 Å². The first kappa shape index (κ1) is 19.7. The van der Waals surface area contributed by atoms with Crippen molar-refractivity contribution in [2.45, 2.75) is 45.7 Å². The number of carbonyl (C=O) groups is 2. The largest absolute Gasteiger partial charge is 0.478 e. The molecule has 0 aromatic heterocycles. The molecule has 0 saturated heterocycles. The summed E-state index contributed by atoms with van der Waals surface area (Å²) in [5, 5.41) is 15.2. The maximum atomic E-state index is 12.3. The number of anilines is 1. The molecule has 0 bridgehead atoms.